The molecule has 0 radical (unpaired) electrons. The van der Waals surface area contributed by atoms with Gasteiger partial charge in [-0.15, -0.1) is 29.7 Å². The number of thiophene rings is 1. The third kappa shape index (κ3) is 8.75. The minimum absolute atomic E-state index is 0.0433. The number of halogens is 1. The third-order valence-electron chi connectivity index (χ3n) is 7.92. The Bertz CT molecular complexity index is 1370. The fourth-order valence-corrected chi connectivity index (χ4v) is 7.81. The van der Waals surface area contributed by atoms with Crippen molar-refractivity contribution < 1.29 is 19.4 Å². The summed E-state index contributed by atoms with van der Waals surface area (Å²) < 4.78 is 5.46. The van der Waals surface area contributed by atoms with Crippen molar-refractivity contribution in [1.29, 1.82) is 0 Å². The van der Waals surface area contributed by atoms with Crippen molar-refractivity contribution in [3.63, 3.8) is 0 Å². The molecular weight excluding hydrogens is 598 g/mol. The van der Waals surface area contributed by atoms with Crippen LogP contribution in [0.4, 0.5) is 0 Å². The normalized spacial score (nSPS) is 16.9. The van der Waals surface area contributed by atoms with Gasteiger partial charge in [0.1, 0.15) is 5.54 Å². The number of ether oxygens (including phenoxy) is 1. The highest BCUT2D eigenvalue weighted by Gasteiger charge is 2.40. The predicted octanol–water partition coefficient (Wildman–Crippen LogP) is 7.96. The zero-order valence-electron chi connectivity index (χ0n) is 25.0. The molecule has 1 amide bonds. The van der Waals surface area contributed by atoms with Crippen molar-refractivity contribution in [3.05, 3.63) is 97.6 Å². The van der Waals surface area contributed by atoms with Gasteiger partial charge >= 0.3 is 5.97 Å². The van der Waals surface area contributed by atoms with Gasteiger partial charge in [0, 0.05) is 14.8 Å². The van der Waals surface area contributed by atoms with Crippen molar-refractivity contribution in [1.82, 2.24) is 5.32 Å². The summed E-state index contributed by atoms with van der Waals surface area (Å²) in [4.78, 5) is 28.9. The van der Waals surface area contributed by atoms with Crippen molar-refractivity contribution in [2.45, 2.75) is 76.7 Å². The lowest BCUT2D eigenvalue weighted by molar-refractivity contribution is -0.368. The molecule has 0 bridgehead atoms. The number of allylic oxidation sites excluding steroid dienone is 7. The zero-order chi connectivity index (χ0) is 30.7. The predicted molar refractivity (Wildman–Crippen MR) is 178 cm³/mol. The van der Waals surface area contributed by atoms with E-state index < -0.39 is 5.54 Å². The van der Waals surface area contributed by atoms with Crippen LogP contribution < -0.4 is 10.4 Å². The van der Waals surface area contributed by atoms with E-state index in [4.69, 9.17) is 16.3 Å². The fourth-order valence-electron chi connectivity index (χ4n) is 5.64. The van der Waals surface area contributed by atoms with E-state index in [1.54, 1.807) is 18.3 Å². The maximum atomic E-state index is 13.7. The average molecular weight is 639 g/mol. The number of carbonyl (C=O) groups excluding carboxylic acids is 2. The third-order valence-corrected chi connectivity index (χ3v) is 10.5. The molecule has 2 aliphatic carbocycles. The second-order valence-electron chi connectivity index (χ2n) is 10.8. The molecule has 2 atom stereocenters. The van der Waals surface area contributed by atoms with Gasteiger partial charge in [-0.25, -0.2) is 0 Å². The Morgan fingerprint density at radius 1 is 1.09 bits per heavy atom. The van der Waals surface area contributed by atoms with E-state index in [0.29, 0.717) is 11.5 Å². The molecule has 2 aliphatic rings. The van der Waals surface area contributed by atoms with Crippen LogP contribution in [0.15, 0.2) is 76.0 Å². The first-order chi connectivity index (χ1) is 20.9. The van der Waals surface area contributed by atoms with Crippen molar-refractivity contribution in [2.75, 3.05) is 19.0 Å². The highest BCUT2D eigenvalue weighted by molar-refractivity contribution is 8.04. The van der Waals surface area contributed by atoms with Gasteiger partial charge in [0.15, 0.2) is 0 Å². The van der Waals surface area contributed by atoms with Crippen LogP contribution in [0.2, 0.25) is 0 Å². The summed E-state index contributed by atoms with van der Waals surface area (Å²) in [6.07, 6.45) is 16.8. The number of amides is 1. The Balaban J connectivity index is 1.74. The van der Waals surface area contributed by atoms with Crippen LogP contribution in [-0.4, -0.2) is 30.8 Å². The SMILES string of the molecule is CCOC(=O)CC(NC(=O)CSC1=CCCC=C1Cl)(c1ccc(C(CC)CCC[O-])cc1)c1csc(C2=CCCC=C2)c1. The maximum Gasteiger partial charge on any atom is 0.308 e. The van der Waals surface area contributed by atoms with E-state index in [2.05, 4.69) is 54.7 Å². The maximum absolute atomic E-state index is 13.7. The average Bonchev–Trinajstić information content (AvgIpc) is 3.53. The van der Waals surface area contributed by atoms with Gasteiger partial charge in [0.2, 0.25) is 5.91 Å². The molecule has 43 heavy (non-hydrogen) atoms. The van der Waals surface area contributed by atoms with Gasteiger partial charge in [-0.3, -0.25) is 9.59 Å². The standard InChI is InChI=1S/C35H41ClNO4S2/c1-3-25(13-10-20-38)26-16-18-28(19-17-26)35(22-34(40)41-4-2,29-21-32(42-23-29)27-11-6-5-7-12-27)37-33(39)24-43-31-15-9-8-14-30(31)36/h6,11-12,14-19,21,23,25H,3-5,7-10,13,20,22,24H2,1-2H3,(H,37,39)/q-1. The molecule has 5 nitrogen and oxygen atoms in total. The summed E-state index contributed by atoms with van der Waals surface area (Å²) in [6.45, 7) is 4.10. The number of benzene rings is 1. The second-order valence-corrected chi connectivity index (χ2v) is 13.2. The van der Waals surface area contributed by atoms with Crippen molar-refractivity contribution >= 4 is 52.1 Å². The van der Waals surface area contributed by atoms with Crippen LogP contribution in [0, 0.1) is 0 Å². The highest BCUT2D eigenvalue weighted by Crippen LogP contribution is 2.40. The van der Waals surface area contributed by atoms with Crippen LogP contribution in [0.3, 0.4) is 0 Å². The molecule has 1 heterocycles. The van der Waals surface area contributed by atoms with Gasteiger partial charge in [0.05, 0.1) is 18.8 Å². The number of nitrogens with one attached hydrogen (secondary N) is 1. The van der Waals surface area contributed by atoms with Crippen LogP contribution in [0.1, 0.15) is 92.7 Å². The summed E-state index contributed by atoms with van der Waals surface area (Å²) in [5.41, 5.74) is 2.83. The van der Waals surface area contributed by atoms with E-state index in [-0.39, 0.29) is 43.2 Å². The van der Waals surface area contributed by atoms with Crippen molar-refractivity contribution in [3.8, 4) is 0 Å². The minimum Gasteiger partial charge on any atom is -0.854 e. The lowest BCUT2D eigenvalue weighted by Gasteiger charge is -2.35. The summed E-state index contributed by atoms with van der Waals surface area (Å²) in [5.74, 6) is -0.128. The van der Waals surface area contributed by atoms with Gasteiger partial charge in [0.25, 0.3) is 0 Å². The molecule has 8 heteroatoms. The van der Waals surface area contributed by atoms with E-state index in [9.17, 15) is 14.7 Å². The Morgan fingerprint density at radius 3 is 2.53 bits per heavy atom. The first kappa shape index (κ1) is 33.3. The molecule has 2 unspecified atom stereocenters. The molecule has 0 aliphatic heterocycles. The lowest BCUT2D eigenvalue weighted by Crippen LogP contribution is -2.49. The molecule has 0 saturated heterocycles. The topological polar surface area (TPSA) is 78.5 Å². The molecule has 2 aromatic rings. The summed E-state index contributed by atoms with van der Waals surface area (Å²) in [7, 11) is 0. The highest BCUT2D eigenvalue weighted by atomic mass is 35.5. The largest absolute Gasteiger partial charge is 0.854 e. The number of esters is 1. The van der Waals surface area contributed by atoms with Crippen LogP contribution >= 0.6 is 34.7 Å². The van der Waals surface area contributed by atoms with E-state index in [1.165, 1.54) is 11.8 Å². The van der Waals surface area contributed by atoms with E-state index >= 15 is 0 Å². The monoisotopic (exact) mass is 638 g/mol. The number of hydrogen-bond acceptors (Lipinski definition) is 6. The number of carbonyl (C=O) groups is 2. The zero-order valence-corrected chi connectivity index (χ0v) is 27.4. The van der Waals surface area contributed by atoms with Gasteiger partial charge in [-0.1, -0.05) is 79.6 Å². The molecule has 230 valence electrons. The number of rotatable bonds is 15. The molecule has 0 spiro atoms. The van der Waals surface area contributed by atoms with Crippen LogP contribution in [-0.2, 0) is 19.9 Å². The molecular formula is C35H41ClNO4S2-. The summed E-state index contributed by atoms with van der Waals surface area (Å²) >= 11 is 9.43. The molecule has 4 rings (SSSR count). The summed E-state index contributed by atoms with van der Waals surface area (Å²) in [6, 6.07) is 10.3. The van der Waals surface area contributed by atoms with Crippen molar-refractivity contribution in [2.24, 2.45) is 0 Å². The molecule has 0 fully saturated rings. The lowest BCUT2D eigenvalue weighted by atomic mass is 9.79. The second kappa shape index (κ2) is 16.5. The summed E-state index contributed by atoms with van der Waals surface area (Å²) in [5, 5.41) is 17.2. The van der Waals surface area contributed by atoms with E-state index in [0.717, 1.165) is 70.6 Å². The molecule has 1 aromatic carbocycles. The van der Waals surface area contributed by atoms with Gasteiger partial charge in [-0.2, -0.15) is 0 Å². The van der Waals surface area contributed by atoms with E-state index in [1.807, 2.05) is 23.6 Å². The minimum atomic E-state index is -1.13. The number of thioether (sulfide) groups is 1. The number of hydrogen-bond donors (Lipinski definition) is 1. The Hall–Kier alpha value is -2.58. The Labute approximate surface area is 269 Å². The molecule has 1 N–H and O–H groups in total. The van der Waals surface area contributed by atoms with Gasteiger partial charge in [-0.05, 0) is 85.1 Å². The fraction of sp³-hybridized carbons (Fsp3) is 0.429. The Morgan fingerprint density at radius 2 is 1.86 bits per heavy atom. The molecule has 1 aromatic heterocycles. The van der Waals surface area contributed by atoms with Crippen LogP contribution in [0.25, 0.3) is 5.57 Å². The van der Waals surface area contributed by atoms with Gasteiger partial charge < -0.3 is 15.2 Å². The molecule has 0 saturated carbocycles. The first-order valence-electron chi connectivity index (χ1n) is 15.2. The Kier molecular flexibility index (Phi) is 12.8. The first-order valence-corrected chi connectivity index (χ1v) is 17.4. The van der Waals surface area contributed by atoms with Crippen LogP contribution in [0.5, 0.6) is 0 Å². The smallest absolute Gasteiger partial charge is 0.308 e. The quantitative estimate of drug-likeness (QED) is 0.200.